The maximum absolute atomic E-state index is 10.3. The first-order valence-electron chi connectivity index (χ1n) is 9.33. The Morgan fingerprint density at radius 1 is 1.08 bits per heavy atom. The zero-order chi connectivity index (χ0) is 18.7. The van der Waals surface area contributed by atoms with Gasteiger partial charge in [0.15, 0.2) is 0 Å². The Bertz CT molecular complexity index is 551. The van der Waals surface area contributed by atoms with Gasteiger partial charge in [0.2, 0.25) is 0 Å². The van der Waals surface area contributed by atoms with Crippen LogP contribution in [0.25, 0.3) is 0 Å². The average Bonchev–Trinajstić information content (AvgIpc) is 2.52. The van der Waals surface area contributed by atoms with Gasteiger partial charge in [-0.25, -0.2) is 0 Å². The number of aliphatic hydroxyl groups excluding tert-OH is 1. The highest BCUT2D eigenvalue weighted by Gasteiger charge is 2.24. The summed E-state index contributed by atoms with van der Waals surface area (Å²) in [6, 6.07) is 6.45. The number of morpholine rings is 1. The minimum absolute atomic E-state index is 0.00818. The molecule has 1 aromatic rings. The number of aliphatic hydroxyl groups is 1. The smallest absolute Gasteiger partial charge is 0.123 e. The van der Waals surface area contributed by atoms with Gasteiger partial charge in [-0.15, -0.1) is 0 Å². The van der Waals surface area contributed by atoms with Gasteiger partial charge in [0, 0.05) is 19.6 Å². The number of nitrogens with zero attached hydrogens (tertiary/aromatic N) is 1. The molecule has 4 nitrogen and oxygen atoms in total. The van der Waals surface area contributed by atoms with Gasteiger partial charge in [0.25, 0.3) is 0 Å². The van der Waals surface area contributed by atoms with E-state index in [1.54, 1.807) is 0 Å². The third kappa shape index (κ3) is 5.98. The summed E-state index contributed by atoms with van der Waals surface area (Å²) in [4.78, 5) is 2.23. The lowest BCUT2D eigenvalue weighted by Crippen LogP contribution is -2.42. The fraction of sp³-hybridized carbons (Fsp3) is 0.714. The zero-order valence-electron chi connectivity index (χ0n) is 16.8. The SMILES string of the molecule is CC(C)(C)c1ccc(OC[C@H](O)CN2CCOCC2)c(C(C)(C)C)c1. The van der Waals surface area contributed by atoms with Crippen molar-refractivity contribution in [3.8, 4) is 5.75 Å². The predicted octanol–water partition coefficient (Wildman–Crippen LogP) is 3.35. The van der Waals surface area contributed by atoms with Crippen LogP contribution in [0.2, 0.25) is 0 Å². The summed E-state index contributed by atoms with van der Waals surface area (Å²) in [7, 11) is 0. The minimum atomic E-state index is -0.492. The second kappa shape index (κ2) is 8.07. The number of hydrogen-bond acceptors (Lipinski definition) is 4. The van der Waals surface area contributed by atoms with Crippen LogP contribution < -0.4 is 4.74 Å². The van der Waals surface area contributed by atoms with Crippen LogP contribution in [0, 0.1) is 0 Å². The first-order valence-corrected chi connectivity index (χ1v) is 9.33. The fourth-order valence-corrected chi connectivity index (χ4v) is 3.03. The van der Waals surface area contributed by atoms with Crippen molar-refractivity contribution in [2.75, 3.05) is 39.5 Å². The van der Waals surface area contributed by atoms with Crippen molar-refractivity contribution in [3.05, 3.63) is 29.3 Å². The van der Waals surface area contributed by atoms with Crippen molar-refractivity contribution in [2.45, 2.75) is 58.5 Å². The normalized spacial score (nSPS) is 18.2. The van der Waals surface area contributed by atoms with Crippen LogP contribution in [0.4, 0.5) is 0 Å². The Balaban J connectivity index is 2.05. The molecule has 1 fully saturated rings. The van der Waals surface area contributed by atoms with Gasteiger partial charge in [-0.3, -0.25) is 4.90 Å². The quantitative estimate of drug-likeness (QED) is 0.885. The lowest BCUT2D eigenvalue weighted by Gasteiger charge is -2.30. The van der Waals surface area contributed by atoms with Gasteiger partial charge in [-0.2, -0.15) is 0 Å². The average molecular weight is 350 g/mol. The molecule has 1 saturated heterocycles. The lowest BCUT2D eigenvalue weighted by atomic mass is 9.80. The highest BCUT2D eigenvalue weighted by molar-refractivity contribution is 5.43. The second-order valence-electron chi connectivity index (χ2n) is 9.09. The van der Waals surface area contributed by atoms with Gasteiger partial charge in [-0.05, 0) is 28.0 Å². The summed E-state index contributed by atoms with van der Waals surface area (Å²) in [6.07, 6.45) is -0.492. The molecule has 0 radical (unpaired) electrons. The molecule has 1 atom stereocenters. The molecule has 0 unspecified atom stereocenters. The molecule has 0 spiro atoms. The molecule has 0 aliphatic carbocycles. The van der Waals surface area contributed by atoms with Gasteiger partial charge in [-0.1, -0.05) is 53.7 Å². The molecule has 2 rings (SSSR count). The van der Waals surface area contributed by atoms with E-state index < -0.39 is 6.10 Å². The van der Waals surface area contributed by atoms with Crippen LogP contribution in [-0.4, -0.2) is 55.6 Å². The number of benzene rings is 1. The fourth-order valence-electron chi connectivity index (χ4n) is 3.03. The van der Waals surface area contributed by atoms with Gasteiger partial charge < -0.3 is 14.6 Å². The van der Waals surface area contributed by atoms with Crippen LogP contribution in [0.5, 0.6) is 5.75 Å². The summed E-state index contributed by atoms with van der Waals surface area (Å²) in [5, 5.41) is 10.3. The molecule has 0 bridgehead atoms. The molecule has 0 saturated carbocycles. The van der Waals surface area contributed by atoms with Crippen LogP contribution in [-0.2, 0) is 15.6 Å². The molecule has 1 N–H and O–H groups in total. The summed E-state index contributed by atoms with van der Waals surface area (Å²) in [6.45, 7) is 17.5. The van der Waals surface area contributed by atoms with E-state index in [0.717, 1.165) is 32.1 Å². The second-order valence-corrected chi connectivity index (χ2v) is 9.09. The summed E-state index contributed by atoms with van der Waals surface area (Å²) < 4.78 is 11.4. The van der Waals surface area contributed by atoms with Crippen molar-refractivity contribution >= 4 is 0 Å². The first kappa shape index (κ1) is 20.2. The van der Waals surface area contributed by atoms with E-state index in [0.29, 0.717) is 13.2 Å². The topological polar surface area (TPSA) is 41.9 Å². The van der Waals surface area contributed by atoms with Crippen LogP contribution in [0.1, 0.15) is 52.7 Å². The van der Waals surface area contributed by atoms with E-state index in [9.17, 15) is 5.11 Å². The number of β-amino-alcohol motifs (C(OH)–C–C–N with tert-alkyl or cyclic N) is 1. The molecule has 0 aromatic heterocycles. The largest absolute Gasteiger partial charge is 0.491 e. The number of hydrogen-bond donors (Lipinski definition) is 1. The predicted molar refractivity (Wildman–Crippen MR) is 103 cm³/mol. The molecule has 0 amide bonds. The molecule has 25 heavy (non-hydrogen) atoms. The van der Waals surface area contributed by atoms with E-state index in [-0.39, 0.29) is 10.8 Å². The molecular formula is C21H35NO3. The summed E-state index contributed by atoms with van der Waals surface area (Å²) in [5.41, 5.74) is 2.59. The Kier molecular flexibility index (Phi) is 6.52. The first-order chi connectivity index (χ1) is 11.6. The highest BCUT2D eigenvalue weighted by Crippen LogP contribution is 2.35. The van der Waals surface area contributed by atoms with E-state index in [2.05, 4.69) is 64.6 Å². The summed E-state index contributed by atoms with van der Waals surface area (Å²) >= 11 is 0. The Labute approximate surface area is 153 Å². The Morgan fingerprint density at radius 2 is 1.72 bits per heavy atom. The monoisotopic (exact) mass is 349 g/mol. The number of rotatable bonds is 5. The van der Waals surface area contributed by atoms with E-state index in [4.69, 9.17) is 9.47 Å². The standard InChI is InChI=1S/C21H35NO3/c1-20(2,3)16-7-8-19(18(13-16)21(4,5)6)25-15-17(23)14-22-9-11-24-12-10-22/h7-8,13,17,23H,9-12,14-15H2,1-6H3/t17-/m1/s1. The molecule has 142 valence electrons. The van der Waals surface area contributed by atoms with Gasteiger partial charge in [0.1, 0.15) is 18.5 Å². The third-order valence-corrected chi connectivity index (χ3v) is 4.66. The zero-order valence-corrected chi connectivity index (χ0v) is 16.8. The Hall–Kier alpha value is -1.10. The number of ether oxygens (including phenoxy) is 2. The molecule has 1 heterocycles. The molecule has 1 aromatic carbocycles. The molecule has 1 aliphatic heterocycles. The molecule has 1 aliphatic rings. The van der Waals surface area contributed by atoms with Gasteiger partial charge in [0.05, 0.1) is 13.2 Å². The maximum atomic E-state index is 10.3. The van der Waals surface area contributed by atoms with Crippen LogP contribution in [0.3, 0.4) is 0 Å². The van der Waals surface area contributed by atoms with Crippen molar-refractivity contribution in [3.63, 3.8) is 0 Å². The van der Waals surface area contributed by atoms with Crippen LogP contribution >= 0.6 is 0 Å². The van der Waals surface area contributed by atoms with E-state index >= 15 is 0 Å². The lowest BCUT2D eigenvalue weighted by molar-refractivity contribution is 0.00449. The Morgan fingerprint density at radius 3 is 2.28 bits per heavy atom. The highest BCUT2D eigenvalue weighted by atomic mass is 16.5. The third-order valence-electron chi connectivity index (χ3n) is 4.66. The maximum Gasteiger partial charge on any atom is 0.123 e. The van der Waals surface area contributed by atoms with Crippen molar-refractivity contribution < 1.29 is 14.6 Å². The van der Waals surface area contributed by atoms with Crippen LogP contribution in [0.15, 0.2) is 18.2 Å². The minimum Gasteiger partial charge on any atom is -0.491 e. The van der Waals surface area contributed by atoms with Gasteiger partial charge >= 0.3 is 0 Å². The van der Waals surface area contributed by atoms with Crippen molar-refractivity contribution in [2.24, 2.45) is 0 Å². The van der Waals surface area contributed by atoms with Crippen molar-refractivity contribution in [1.82, 2.24) is 4.90 Å². The summed E-state index contributed by atoms with van der Waals surface area (Å²) in [5.74, 6) is 0.876. The van der Waals surface area contributed by atoms with E-state index in [1.165, 1.54) is 11.1 Å². The van der Waals surface area contributed by atoms with Crippen molar-refractivity contribution in [1.29, 1.82) is 0 Å². The molecular weight excluding hydrogens is 314 g/mol. The molecule has 4 heteroatoms. The van der Waals surface area contributed by atoms with E-state index in [1.807, 2.05) is 0 Å².